The van der Waals surface area contributed by atoms with Crippen molar-refractivity contribution in [3.63, 3.8) is 0 Å². The molecule has 0 amide bonds. The lowest BCUT2D eigenvalue weighted by Crippen LogP contribution is -2.41. The van der Waals surface area contributed by atoms with E-state index in [1.54, 1.807) is 6.92 Å². The molecule has 1 rings (SSSR count). The molecule has 0 fully saturated rings. The highest BCUT2D eigenvalue weighted by atomic mass is 35.5. The van der Waals surface area contributed by atoms with Crippen molar-refractivity contribution in [2.75, 3.05) is 5.75 Å². The van der Waals surface area contributed by atoms with Gasteiger partial charge in [0.25, 0.3) is 0 Å². The molecule has 1 aromatic rings. The number of Topliss-reactive ketones (excluding diaryl/α,β-unsaturated/α-hetero) is 1. The molecule has 0 aliphatic carbocycles. The maximum Gasteiger partial charge on any atom is 0.207 e. The van der Waals surface area contributed by atoms with Gasteiger partial charge in [-0.15, -0.1) is 0 Å². The number of benzene rings is 1. The Kier molecular flexibility index (Phi) is 5.29. The maximum atomic E-state index is 12.4. The van der Waals surface area contributed by atoms with E-state index >= 15 is 0 Å². The summed E-state index contributed by atoms with van der Waals surface area (Å²) in [6.07, 6.45) is -0.0392. The molecule has 0 aromatic heterocycles. The van der Waals surface area contributed by atoms with E-state index in [4.69, 9.17) is 34.8 Å². The lowest BCUT2D eigenvalue weighted by molar-refractivity contribution is 0.0970. The predicted molar refractivity (Wildman–Crippen MR) is 79.1 cm³/mol. The molecule has 0 radical (unpaired) electrons. The molecule has 0 bridgehead atoms. The van der Waals surface area contributed by atoms with Gasteiger partial charge in [0, 0.05) is 16.3 Å². The zero-order chi connectivity index (χ0) is 14.8. The van der Waals surface area contributed by atoms with E-state index in [9.17, 15) is 13.2 Å². The van der Waals surface area contributed by atoms with Crippen LogP contribution in [-0.4, -0.2) is 24.2 Å². The zero-order valence-electron chi connectivity index (χ0n) is 10.4. The normalized spacial score (nSPS) is 15.0. The number of rotatable bonds is 5. The van der Waals surface area contributed by atoms with Gasteiger partial charge in [-0.05, 0) is 24.6 Å². The minimum absolute atomic E-state index is 0.0392. The molecule has 1 aromatic carbocycles. The Labute approximate surface area is 127 Å². The van der Waals surface area contributed by atoms with Crippen molar-refractivity contribution in [2.24, 2.45) is 0 Å². The first-order valence-electron chi connectivity index (χ1n) is 5.60. The standard InChI is InChI=1S/C12H13Cl3O3S/c1-3-12(15,19(17,18)4-2)11(16)9-6-5-8(13)7-10(9)14/h5-7H,3-4H2,1-2H3/t12-/m0/s1. The van der Waals surface area contributed by atoms with E-state index in [1.165, 1.54) is 25.1 Å². The molecular weight excluding hydrogens is 331 g/mol. The number of carbonyl (C=O) groups is 1. The van der Waals surface area contributed by atoms with Crippen molar-refractivity contribution in [1.29, 1.82) is 0 Å². The SMILES string of the molecule is CC[C@@](Cl)(C(=O)c1ccc(Cl)cc1Cl)S(=O)(=O)CC. The van der Waals surface area contributed by atoms with Gasteiger partial charge < -0.3 is 0 Å². The van der Waals surface area contributed by atoms with Gasteiger partial charge in [-0.25, -0.2) is 8.42 Å². The van der Waals surface area contributed by atoms with Crippen LogP contribution in [0.15, 0.2) is 18.2 Å². The first kappa shape index (κ1) is 16.8. The fourth-order valence-corrected chi connectivity index (χ4v) is 3.84. The van der Waals surface area contributed by atoms with Gasteiger partial charge in [-0.3, -0.25) is 4.79 Å². The Morgan fingerprint density at radius 2 is 1.84 bits per heavy atom. The van der Waals surface area contributed by atoms with Crippen LogP contribution >= 0.6 is 34.8 Å². The largest absolute Gasteiger partial charge is 0.291 e. The summed E-state index contributed by atoms with van der Waals surface area (Å²) in [4.78, 5) is 12.4. The van der Waals surface area contributed by atoms with Gasteiger partial charge in [0.05, 0.1) is 5.02 Å². The number of ketones is 1. The summed E-state index contributed by atoms with van der Waals surface area (Å²) in [7, 11) is -3.76. The Hall–Kier alpha value is -0.290. The fraction of sp³-hybridized carbons (Fsp3) is 0.417. The average molecular weight is 344 g/mol. The third-order valence-electron chi connectivity index (χ3n) is 2.84. The summed E-state index contributed by atoms with van der Waals surface area (Å²) < 4.78 is 22.1. The van der Waals surface area contributed by atoms with E-state index in [0.717, 1.165) is 0 Å². The smallest absolute Gasteiger partial charge is 0.207 e. The van der Waals surface area contributed by atoms with Crippen molar-refractivity contribution in [1.82, 2.24) is 0 Å². The van der Waals surface area contributed by atoms with Crippen LogP contribution in [0.2, 0.25) is 10.0 Å². The van der Waals surface area contributed by atoms with Crippen LogP contribution in [0, 0.1) is 0 Å². The minimum atomic E-state index is -3.76. The number of carbonyl (C=O) groups excluding carboxylic acids is 1. The van der Waals surface area contributed by atoms with Gasteiger partial charge in [0.15, 0.2) is 9.84 Å². The third kappa shape index (κ3) is 3.07. The molecule has 1 atom stereocenters. The van der Waals surface area contributed by atoms with E-state index in [0.29, 0.717) is 5.02 Å². The molecule has 0 spiro atoms. The second kappa shape index (κ2) is 6.00. The lowest BCUT2D eigenvalue weighted by Gasteiger charge is -2.24. The van der Waals surface area contributed by atoms with Crippen LogP contribution in [-0.2, 0) is 9.84 Å². The quantitative estimate of drug-likeness (QED) is 0.600. The summed E-state index contributed by atoms with van der Waals surface area (Å²) in [6, 6.07) is 4.22. The van der Waals surface area contributed by atoms with Crippen molar-refractivity contribution in [3.8, 4) is 0 Å². The zero-order valence-corrected chi connectivity index (χ0v) is 13.5. The van der Waals surface area contributed by atoms with Crippen LogP contribution in [0.4, 0.5) is 0 Å². The van der Waals surface area contributed by atoms with E-state index in [2.05, 4.69) is 0 Å². The second-order valence-corrected chi connectivity index (χ2v) is 8.16. The summed E-state index contributed by atoms with van der Waals surface area (Å²) in [5.41, 5.74) is 0.0555. The second-order valence-electron chi connectivity index (χ2n) is 3.94. The summed E-state index contributed by atoms with van der Waals surface area (Å²) in [5, 5.41) is 0.443. The number of halogens is 3. The highest BCUT2D eigenvalue weighted by Crippen LogP contribution is 2.34. The molecule has 0 heterocycles. The van der Waals surface area contributed by atoms with Crippen LogP contribution in [0.3, 0.4) is 0 Å². The molecule has 0 aliphatic rings. The fourth-order valence-electron chi connectivity index (χ4n) is 1.63. The van der Waals surface area contributed by atoms with Crippen molar-refractivity contribution in [2.45, 2.75) is 24.5 Å². The number of hydrogen-bond acceptors (Lipinski definition) is 3. The Morgan fingerprint density at radius 3 is 2.26 bits per heavy atom. The lowest BCUT2D eigenvalue weighted by atomic mass is 10.1. The summed E-state index contributed by atoms with van der Waals surface area (Å²) >= 11 is 17.7. The van der Waals surface area contributed by atoms with E-state index in [1.807, 2.05) is 0 Å². The van der Waals surface area contributed by atoms with Gasteiger partial charge in [-0.1, -0.05) is 48.7 Å². The van der Waals surface area contributed by atoms with E-state index < -0.39 is 19.8 Å². The van der Waals surface area contributed by atoms with Gasteiger partial charge in [-0.2, -0.15) is 0 Å². The number of sulfone groups is 1. The Bertz CT molecular complexity index is 598. The summed E-state index contributed by atoms with van der Waals surface area (Å²) in [6.45, 7) is 2.99. The van der Waals surface area contributed by atoms with Gasteiger partial charge >= 0.3 is 0 Å². The Morgan fingerprint density at radius 1 is 1.26 bits per heavy atom. The monoisotopic (exact) mass is 342 g/mol. The molecule has 0 saturated heterocycles. The van der Waals surface area contributed by atoms with Crippen LogP contribution in [0.5, 0.6) is 0 Å². The highest BCUT2D eigenvalue weighted by Gasteiger charge is 2.47. The Balaban J connectivity index is 3.38. The molecule has 19 heavy (non-hydrogen) atoms. The molecule has 7 heteroatoms. The minimum Gasteiger partial charge on any atom is -0.291 e. The maximum absolute atomic E-state index is 12.4. The molecular formula is C12H13Cl3O3S. The van der Waals surface area contributed by atoms with Crippen LogP contribution < -0.4 is 0 Å². The van der Waals surface area contributed by atoms with Gasteiger partial charge in [0.2, 0.25) is 9.99 Å². The summed E-state index contributed by atoms with van der Waals surface area (Å²) in [5.74, 6) is -0.943. The molecule has 106 valence electrons. The van der Waals surface area contributed by atoms with Crippen molar-refractivity contribution < 1.29 is 13.2 Å². The van der Waals surface area contributed by atoms with Crippen molar-refractivity contribution in [3.05, 3.63) is 33.8 Å². The van der Waals surface area contributed by atoms with E-state index in [-0.39, 0.29) is 22.8 Å². The highest BCUT2D eigenvalue weighted by molar-refractivity contribution is 7.95. The van der Waals surface area contributed by atoms with Crippen molar-refractivity contribution >= 4 is 50.4 Å². The molecule has 0 saturated carbocycles. The number of hydrogen-bond donors (Lipinski definition) is 0. The average Bonchev–Trinajstić information content (AvgIpc) is 2.36. The van der Waals surface area contributed by atoms with Crippen LogP contribution in [0.25, 0.3) is 0 Å². The first-order valence-corrected chi connectivity index (χ1v) is 8.39. The molecule has 0 N–H and O–H groups in total. The topological polar surface area (TPSA) is 51.2 Å². The predicted octanol–water partition coefficient (Wildman–Crippen LogP) is 3.96. The third-order valence-corrected chi connectivity index (χ3v) is 6.75. The first-order chi connectivity index (χ1) is 8.69. The van der Waals surface area contributed by atoms with Crippen LogP contribution in [0.1, 0.15) is 30.6 Å². The molecule has 0 unspecified atom stereocenters. The van der Waals surface area contributed by atoms with Gasteiger partial charge in [0.1, 0.15) is 0 Å². The molecule has 3 nitrogen and oxygen atoms in total. The number of alkyl halides is 1. The molecule has 0 aliphatic heterocycles.